The molecule has 1 aromatic heterocycles. The van der Waals surface area contributed by atoms with E-state index < -0.39 is 26.0 Å². The number of halogens is 2. The molecule has 0 spiro atoms. The third-order valence-corrected chi connectivity index (χ3v) is 19.1. The van der Waals surface area contributed by atoms with Crippen LogP contribution in [0.5, 0.6) is 6.01 Å². The van der Waals surface area contributed by atoms with E-state index in [1.165, 1.54) is 6.07 Å². The maximum atomic E-state index is 16.0. The van der Waals surface area contributed by atoms with Crippen molar-refractivity contribution in [2.45, 2.75) is 134 Å². The SMILES string of the molecule is CC(C)[Si](C#Cc1c(F)ccc2cc(N)cc(C3Cc4nc(OC[C@@]56CCCN5C[C@H](F)C6)nc(N5CCCC(C)(O)C5)c4CO3)c12)(C(C)C)C(C)C. The molecule has 2 aromatic carbocycles. The minimum Gasteiger partial charge on any atom is -0.461 e. The Labute approximate surface area is 314 Å². The molecule has 53 heavy (non-hydrogen) atoms. The Bertz CT molecular complexity index is 1900. The molecular formula is C42H57F2N5O3Si. The lowest BCUT2D eigenvalue weighted by Gasteiger charge is -2.39. The van der Waals surface area contributed by atoms with E-state index in [0.717, 1.165) is 59.9 Å². The molecule has 7 rings (SSSR count). The highest BCUT2D eigenvalue weighted by Gasteiger charge is 2.49. The number of nitrogen functional groups attached to an aromatic ring is 1. The van der Waals surface area contributed by atoms with E-state index in [1.54, 1.807) is 6.07 Å². The van der Waals surface area contributed by atoms with Gasteiger partial charge in [0, 0.05) is 49.1 Å². The number of nitrogens with two attached hydrogens (primary N) is 1. The summed E-state index contributed by atoms with van der Waals surface area (Å²) in [6.07, 6.45) is 2.93. The van der Waals surface area contributed by atoms with Crippen molar-refractivity contribution in [1.29, 1.82) is 0 Å². The van der Waals surface area contributed by atoms with Gasteiger partial charge in [0.05, 0.1) is 35.1 Å². The van der Waals surface area contributed by atoms with Gasteiger partial charge in [-0.3, -0.25) is 4.90 Å². The van der Waals surface area contributed by atoms with Crippen LogP contribution in [-0.4, -0.2) is 78.1 Å². The minimum absolute atomic E-state index is 0.228. The van der Waals surface area contributed by atoms with Crippen LogP contribution >= 0.6 is 0 Å². The number of alkyl halides is 1. The smallest absolute Gasteiger partial charge is 0.318 e. The molecule has 3 N–H and O–H groups in total. The van der Waals surface area contributed by atoms with Gasteiger partial charge in [0.25, 0.3) is 0 Å². The number of hydrogen-bond donors (Lipinski definition) is 2. The maximum absolute atomic E-state index is 16.0. The first kappa shape index (κ1) is 38.0. The molecule has 4 aliphatic heterocycles. The number of anilines is 2. The zero-order valence-corrected chi connectivity index (χ0v) is 33.6. The lowest BCUT2D eigenvalue weighted by molar-refractivity contribution is 0.0252. The first-order valence-corrected chi connectivity index (χ1v) is 21.9. The average Bonchev–Trinajstić information content (AvgIpc) is 3.62. The zero-order chi connectivity index (χ0) is 37.9. The van der Waals surface area contributed by atoms with Gasteiger partial charge in [0.1, 0.15) is 32.5 Å². The van der Waals surface area contributed by atoms with Crippen molar-refractivity contribution in [3.05, 3.63) is 52.5 Å². The Kier molecular flexibility index (Phi) is 10.3. The summed E-state index contributed by atoms with van der Waals surface area (Å²) in [5.74, 6) is 3.77. The van der Waals surface area contributed by atoms with Crippen molar-refractivity contribution in [2.75, 3.05) is 43.4 Å². The Balaban J connectivity index is 1.30. The van der Waals surface area contributed by atoms with Crippen LogP contribution in [0.4, 0.5) is 20.3 Å². The molecular weight excluding hydrogens is 689 g/mol. The number of rotatable bonds is 8. The number of piperidine rings is 1. The highest BCUT2D eigenvalue weighted by Crippen LogP contribution is 2.44. The van der Waals surface area contributed by atoms with Crippen LogP contribution in [0.3, 0.4) is 0 Å². The van der Waals surface area contributed by atoms with Crippen molar-refractivity contribution in [2.24, 2.45) is 0 Å². The van der Waals surface area contributed by atoms with Gasteiger partial charge in [-0.2, -0.15) is 9.97 Å². The number of benzene rings is 2. The van der Waals surface area contributed by atoms with Crippen LogP contribution in [-0.2, 0) is 17.8 Å². The Morgan fingerprint density at radius 1 is 1.08 bits per heavy atom. The van der Waals surface area contributed by atoms with E-state index in [4.69, 9.17) is 25.2 Å². The first-order valence-electron chi connectivity index (χ1n) is 19.7. The fraction of sp³-hybridized carbons (Fsp3) is 0.619. The molecule has 3 fully saturated rings. The predicted molar refractivity (Wildman–Crippen MR) is 210 cm³/mol. The number of aromatic nitrogens is 2. The maximum Gasteiger partial charge on any atom is 0.318 e. The number of ether oxygens (including phenoxy) is 2. The van der Waals surface area contributed by atoms with E-state index in [1.807, 2.05) is 19.1 Å². The lowest BCUT2D eigenvalue weighted by Crippen LogP contribution is -2.47. The molecule has 0 saturated carbocycles. The lowest BCUT2D eigenvalue weighted by atomic mass is 9.91. The number of nitrogens with zero attached hydrogens (tertiary/aromatic N) is 4. The summed E-state index contributed by atoms with van der Waals surface area (Å²) in [5, 5.41) is 12.6. The number of β-amino-alcohol motifs (C(OH)–C–C–N with tert-alkyl or cyclic N) is 1. The second-order valence-electron chi connectivity index (χ2n) is 17.4. The van der Waals surface area contributed by atoms with Crippen LogP contribution in [0.15, 0.2) is 24.3 Å². The van der Waals surface area contributed by atoms with Gasteiger partial charge in [-0.25, -0.2) is 8.78 Å². The summed E-state index contributed by atoms with van der Waals surface area (Å²) in [4.78, 5) is 14.3. The monoisotopic (exact) mass is 745 g/mol. The summed E-state index contributed by atoms with van der Waals surface area (Å²) in [5.41, 5.74) is 13.6. The van der Waals surface area contributed by atoms with Gasteiger partial charge in [-0.1, -0.05) is 53.5 Å². The van der Waals surface area contributed by atoms with Gasteiger partial charge >= 0.3 is 6.01 Å². The average molecular weight is 746 g/mol. The van der Waals surface area contributed by atoms with E-state index in [0.29, 0.717) is 72.7 Å². The van der Waals surface area contributed by atoms with Gasteiger partial charge in [-0.15, -0.1) is 5.54 Å². The molecule has 3 aromatic rings. The molecule has 0 bridgehead atoms. The fourth-order valence-corrected chi connectivity index (χ4v) is 15.5. The molecule has 4 aliphatic rings. The Morgan fingerprint density at radius 2 is 1.81 bits per heavy atom. The molecule has 3 saturated heterocycles. The second-order valence-corrected chi connectivity index (χ2v) is 23.0. The van der Waals surface area contributed by atoms with Crippen molar-refractivity contribution < 1.29 is 23.4 Å². The quantitative estimate of drug-likeness (QED) is 0.136. The van der Waals surface area contributed by atoms with E-state index in [-0.39, 0.29) is 24.0 Å². The summed E-state index contributed by atoms with van der Waals surface area (Å²) in [6.45, 7) is 18.4. The van der Waals surface area contributed by atoms with Crippen LogP contribution in [0.25, 0.3) is 10.8 Å². The summed E-state index contributed by atoms with van der Waals surface area (Å²) >= 11 is 0. The highest BCUT2D eigenvalue weighted by molar-refractivity contribution is 6.90. The zero-order valence-electron chi connectivity index (χ0n) is 32.6. The van der Waals surface area contributed by atoms with E-state index in [2.05, 4.69) is 62.8 Å². The molecule has 0 amide bonds. The van der Waals surface area contributed by atoms with Gasteiger partial charge in [0.15, 0.2) is 0 Å². The Morgan fingerprint density at radius 3 is 2.53 bits per heavy atom. The van der Waals surface area contributed by atoms with Gasteiger partial charge in [0.2, 0.25) is 0 Å². The van der Waals surface area contributed by atoms with Crippen LogP contribution in [0.2, 0.25) is 16.6 Å². The largest absolute Gasteiger partial charge is 0.461 e. The molecule has 5 heterocycles. The van der Waals surface area contributed by atoms with Gasteiger partial charge in [-0.05, 0) is 84.9 Å². The normalized spacial score (nSPS) is 26.3. The molecule has 286 valence electrons. The van der Waals surface area contributed by atoms with Gasteiger partial charge < -0.3 is 25.2 Å². The van der Waals surface area contributed by atoms with E-state index >= 15 is 4.39 Å². The summed E-state index contributed by atoms with van der Waals surface area (Å²) in [6, 6.07) is 7.29. The van der Waals surface area contributed by atoms with Crippen LogP contribution in [0.1, 0.15) is 109 Å². The minimum atomic E-state index is -2.17. The second kappa shape index (κ2) is 14.4. The third-order valence-electron chi connectivity index (χ3n) is 12.8. The number of fused-ring (bicyclic) bond motifs is 3. The van der Waals surface area contributed by atoms with Crippen molar-refractivity contribution >= 4 is 30.4 Å². The van der Waals surface area contributed by atoms with Crippen molar-refractivity contribution in [1.82, 2.24) is 14.9 Å². The van der Waals surface area contributed by atoms with Crippen molar-refractivity contribution in [3.8, 4) is 17.5 Å². The standard InChI is InChI=1S/C42H57F2N5O3Si/c1-26(2)53(27(3)4,28(5)6)17-12-32-35(44)11-10-29-18-31(45)19-33(38(29)32)37-20-36-34(23-51-37)39(48-15-8-13-41(7,50)24-48)47-40(46-36)52-25-42-14-9-16-49(42)22-30(43)21-42/h10-11,18-19,26-28,30,37,50H,8-9,13-16,20-25,45H2,1-7H3/t30-,37?,41?,42+/m1/s1. The topological polar surface area (TPSA) is 97.0 Å². The molecule has 8 nitrogen and oxygen atoms in total. The third kappa shape index (κ3) is 7.05. The summed E-state index contributed by atoms with van der Waals surface area (Å²) in [7, 11) is -2.17. The van der Waals surface area contributed by atoms with Crippen molar-refractivity contribution in [3.63, 3.8) is 0 Å². The molecule has 4 atom stereocenters. The first-order chi connectivity index (χ1) is 25.1. The predicted octanol–water partition coefficient (Wildman–Crippen LogP) is 8.04. The summed E-state index contributed by atoms with van der Waals surface area (Å²) < 4.78 is 43.8. The van der Waals surface area contributed by atoms with Crippen LogP contribution < -0.4 is 15.4 Å². The number of hydrogen-bond acceptors (Lipinski definition) is 8. The molecule has 0 radical (unpaired) electrons. The fourth-order valence-electron chi connectivity index (χ4n) is 10.3. The van der Waals surface area contributed by atoms with E-state index in [9.17, 15) is 9.50 Å². The Hall–Kier alpha value is -3.30. The van der Waals surface area contributed by atoms with Crippen LogP contribution in [0, 0.1) is 17.3 Å². The highest BCUT2D eigenvalue weighted by atomic mass is 28.3. The number of aliphatic hydroxyl groups is 1. The molecule has 11 heteroatoms. The molecule has 0 aliphatic carbocycles. The molecule has 2 unspecified atom stereocenters.